The van der Waals surface area contributed by atoms with Gasteiger partial charge < -0.3 is 4.52 Å². The molecule has 0 aliphatic carbocycles. The molecule has 0 saturated carbocycles. The molecule has 1 aliphatic rings. The van der Waals surface area contributed by atoms with Gasteiger partial charge in [0.2, 0.25) is 10.0 Å². The molecule has 0 aromatic carbocycles. The van der Waals surface area contributed by atoms with Crippen LogP contribution in [0.1, 0.15) is 23.9 Å². The van der Waals surface area contributed by atoms with E-state index >= 15 is 0 Å². The molecule has 0 amide bonds. The largest absolute Gasteiger partial charge is 0.360 e. The van der Waals surface area contributed by atoms with E-state index in [4.69, 9.17) is 4.52 Å². The van der Waals surface area contributed by atoms with Crippen LogP contribution in [0.15, 0.2) is 21.8 Å². The second-order valence-electron chi connectivity index (χ2n) is 4.84. The zero-order valence-corrected chi connectivity index (χ0v) is 12.0. The minimum atomic E-state index is -3.57. The third-order valence-corrected chi connectivity index (χ3v) is 5.62. The Morgan fingerprint density at radius 1 is 1.40 bits per heavy atom. The minimum Gasteiger partial charge on any atom is -0.360 e. The van der Waals surface area contributed by atoms with Crippen molar-refractivity contribution in [1.29, 1.82) is 0 Å². The van der Waals surface area contributed by atoms with Crippen LogP contribution in [0.25, 0.3) is 0 Å². The highest BCUT2D eigenvalue weighted by atomic mass is 32.2. The molecular weight excluding hydrogens is 282 g/mol. The van der Waals surface area contributed by atoms with E-state index in [0.29, 0.717) is 31.0 Å². The maximum absolute atomic E-state index is 12.6. The molecule has 9 heteroatoms. The number of hydrogen-bond acceptors (Lipinski definition) is 6. The summed E-state index contributed by atoms with van der Waals surface area (Å²) >= 11 is 0. The fourth-order valence-corrected chi connectivity index (χ4v) is 4.31. The Morgan fingerprint density at radius 3 is 2.80 bits per heavy atom. The number of aromatic nitrogens is 4. The van der Waals surface area contributed by atoms with Gasteiger partial charge in [-0.25, -0.2) is 13.1 Å². The van der Waals surface area contributed by atoms with E-state index in [-0.39, 0.29) is 10.9 Å². The summed E-state index contributed by atoms with van der Waals surface area (Å²) in [7, 11) is -3.57. The Kier molecular flexibility index (Phi) is 3.09. The summed E-state index contributed by atoms with van der Waals surface area (Å²) in [4.78, 5) is 0.178. The molecule has 0 spiro atoms. The van der Waals surface area contributed by atoms with Crippen LogP contribution < -0.4 is 0 Å². The molecule has 0 N–H and O–H groups in total. The molecule has 1 unspecified atom stereocenters. The van der Waals surface area contributed by atoms with Crippen LogP contribution in [0.5, 0.6) is 0 Å². The van der Waals surface area contributed by atoms with Crippen LogP contribution in [-0.2, 0) is 10.0 Å². The van der Waals surface area contributed by atoms with Crippen LogP contribution in [-0.4, -0.2) is 46.0 Å². The van der Waals surface area contributed by atoms with Gasteiger partial charge in [0.1, 0.15) is 10.6 Å². The standard InChI is InChI=1S/C11H15N5O3S/c1-8-11(9(2)19-13-8)20(17,18)15-5-3-10(7-15)16-6-4-12-14-16/h4,6,10H,3,5,7H2,1-2H3. The zero-order chi connectivity index (χ0) is 14.3. The molecule has 8 nitrogen and oxygen atoms in total. The van der Waals surface area contributed by atoms with Crippen molar-refractivity contribution in [2.75, 3.05) is 13.1 Å². The van der Waals surface area contributed by atoms with Crippen molar-refractivity contribution in [3.63, 3.8) is 0 Å². The van der Waals surface area contributed by atoms with E-state index in [1.165, 1.54) is 4.31 Å². The third-order valence-electron chi connectivity index (χ3n) is 3.51. The molecule has 0 bridgehead atoms. The summed E-state index contributed by atoms with van der Waals surface area (Å²) in [6.45, 7) is 4.08. The molecule has 3 heterocycles. The molecular formula is C11H15N5O3S. The number of aryl methyl sites for hydroxylation is 2. The molecule has 1 fully saturated rings. The number of hydrogen-bond donors (Lipinski definition) is 0. The highest BCUT2D eigenvalue weighted by Crippen LogP contribution is 2.29. The van der Waals surface area contributed by atoms with Gasteiger partial charge in [-0.1, -0.05) is 10.4 Å². The summed E-state index contributed by atoms with van der Waals surface area (Å²) in [5.74, 6) is 0.326. The van der Waals surface area contributed by atoms with Crippen molar-refractivity contribution in [3.05, 3.63) is 23.8 Å². The van der Waals surface area contributed by atoms with Crippen molar-refractivity contribution in [3.8, 4) is 0 Å². The summed E-state index contributed by atoms with van der Waals surface area (Å²) in [5, 5.41) is 11.4. The summed E-state index contributed by atoms with van der Waals surface area (Å²) in [6, 6.07) is 0.0211. The molecule has 0 radical (unpaired) electrons. The Balaban J connectivity index is 1.87. The highest BCUT2D eigenvalue weighted by molar-refractivity contribution is 7.89. The Morgan fingerprint density at radius 2 is 2.20 bits per heavy atom. The first kappa shape index (κ1) is 13.3. The number of sulfonamides is 1. The Labute approximate surface area is 116 Å². The van der Waals surface area contributed by atoms with E-state index in [0.717, 1.165) is 0 Å². The van der Waals surface area contributed by atoms with Gasteiger partial charge in [0.25, 0.3) is 0 Å². The first-order valence-corrected chi connectivity index (χ1v) is 7.73. The van der Waals surface area contributed by atoms with Crippen LogP contribution in [0.2, 0.25) is 0 Å². The summed E-state index contributed by atoms with van der Waals surface area (Å²) in [5.41, 5.74) is 0.395. The molecule has 2 aromatic rings. The zero-order valence-electron chi connectivity index (χ0n) is 11.2. The van der Waals surface area contributed by atoms with Gasteiger partial charge in [-0.2, -0.15) is 4.31 Å². The van der Waals surface area contributed by atoms with Gasteiger partial charge >= 0.3 is 0 Å². The van der Waals surface area contributed by atoms with Crippen molar-refractivity contribution in [2.45, 2.75) is 31.2 Å². The van der Waals surface area contributed by atoms with Crippen LogP contribution in [0.3, 0.4) is 0 Å². The lowest BCUT2D eigenvalue weighted by atomic mass is 10.3. The maximum Gasteiger partial charge on any atom is 0.248 e. The molecule has 1 saturated heterocycles. The van der Waals surface area contributed by atoms with E-state index in [1.807, 2.05) is 0 Å². The van der Waals surface area contributed by atoms with Gasteiger partial charge in [0.15, 0.2) is 5.76 Å². The molecule has 20 heavy (non-hydrogen) atoms. The predicted octanol–water partition coefficient (Wildman–Crippen LogP) is 0.519. The predicted molar refractivity (Wildman–Crippen MR) is 68.4 cm³/mol. The minimum absolute atomic E-state index is 0.0211. The van der Waals surface area contributed by atoms with Crippen LogP contribution >= 0.6 is 0 Å². The number of rotatable bonds is 3. The lowest BCUT2D eigenvalue weighted by Gasteiger charge is -2.16. The Bertz CT molecular complexity index is 687. The lowest BCUT2D eigenvalue weighted by Crippen LogP contribution is -2.30. The monoisotopic (exact) mass is 297 g/mol. The molecule has 2 aromatic heterocycles. The highest BCUT2D eigenvalue weighted by Gasteiger charge is 2.36. The fraction of sp³-hybridized carbons (Fsp3) is 0.545. The van der Waals surface area contributed by atoms with E-state index in [2.05, 4.69) is 15.5 Å². The normalized spacial score (nSPS) is 20.6. The van der Waals surface area contributed by atoms with Crippen molar-refractivity contribution < 1.29 is 12.9 Å². The second-order valence-corrected chi connectivity index (χ2v) is 6.72. The van der Waals surface area contributed by atoms with Gasteiger partial charge in [-0.05, 0) is 20.3 Å². The van der Waals surface area contributed by atoms with E-state index in [1.54, 1.807) is 30.9 Å². The van der Waals surface area contributed by atoms with Crippen LogP contribution in [0, 0.1) is 13.8 Å². The summed E-state index contributed by atoms with van der Waals surface area (Å²) in [6.07, 6.45) is 4.05. The van der Waals surface area contributed by atoms with Crippen molar-refractivity contribution >= 4 is 10.0 Å². The summed E-state index contributed by atoms with van der Waals surface area (Å²) < 4.78 is 33.4. The average Bonchev–Trinajstić information content (AvgIpc) is 3.08. The van der Waals surface area contributed by atoms with Gasteiger partial charge in [0.05, 0.1) is 12.2 Å². The van der Waals surface area contributed by atoms with E-state index in [9.17, 15) is 8.42 Å². The average molecular weight is 297 g/mol. The first-order chi connectivity index (χ1) is 9.50. The van der Waals surface area contributed by atoms with Crippen molar-refractivity contribution in [1.82, 2.24) is 24.5 Å². The topological polar surface area (TPSA) is 94.1 Å². The quantitative estimate of drug-likeness (QED) is 0.819. The van der Waals surface area contributed by atoms with Crippen molar-refractivity contribution in [2.24, 2.45) is 0 Å². The van der Waals surface area contributed by atoms with Crippen LogP contribution in [0.4, 0.5) is 0 Å². The molecule has 1 aliphatic heterocycles. The number of nitrogens with zero attached hydrogens (tertiary/aromatic N) is 5. The third kappa shape index (κ3) is 2.02. The van der Waals surface area contributed by atoms with Gasteiger partial charge in [-0.3, -0.25) is 0 Å². The smallest absolute Gasteiger partial charge is 0.248 e. The van der Waals surface area contributed by atoms with Gasteiger partial charge in [0, 0.05) is 19.3 Å². The molecule has 108 valence electrons. The second kappa shape index (κ2) is 4.67. The first-order valence-electron chi connectivity index (χ1n) is 6.29. The van der Waals surface area contributed by atoms with Gasteiger partial charge in [-0.15, -0.1) is 5.10 Å². The fourth-order valence-electron chi connectivity index (χ4n) is 2.53. The maximum atomic E-state index is 12.6. The molecule has 3 rings (SSSR count). The molecule has 1 atom stereocenters. The lowest BCUT2D eigenvalue weighted by molar-refractivity contribution is 0.389. The van der Waals surface area contributed by atoms with E-state index < -0.39 is 10.0 Å². The Hall–Kier alpha value is -1.74. The SMILES string of the molecule is Cc1noc(C)c1S(=O)(=O)N1CCC(n2ccnn2)C1.